The Hall–Kier alpha value is -3.79. The van der Waals surface area contributed by atoms with E-state index in [1.54, 1.807) is 24.3 Å². The number of nitrogens with zero attached hydrogens (tertiary/aromatic N) is 2. The molecule has 1 radical (unpaired) electrons. The standard InChI is InChI=1S/2C15H10FN.Ir/c2*16-13-7-3-2-6-12(13)15-10-9-11-5-1-4-8-14(11)17-15;/h2*1-10H;. The van der Waals surface area contributed by atoms with Crippen molar-refractivity contribution in [2.24, 2.45) is 0 Å². The van der Waals surface area contributed by atoms with E-state index in [0.717, 1.165) is 21.8 Å². The summed E-state index contributed by atoms with van der Waals surface area (Å²) in [4.78, 5) is 8.93. The van der Waals surface area contributed by atoms with E-state index < -0.39 is 0 Å². The van der Waals surface area contributed by atoms with Crippen molar-refractivity contribution in [3.05, 3.63) is 133 Å². The zero-order valence-corrected chi connectivity index (χ0v) is 20.9. The van der Waals surface area contributed by atoms with Gasteiger partial charge in [-0.15, -0.1) is 0 Å². The summed E-state index contributed by atoms with van der Waals surface area (Å²) in [6.45, 7) is 0. The molecule has 6 rings (SSSR count). The summed E-state index contributed by atoms with van der Waals surface area (Å²) in [5.74, 6) is -0.481. The van der Waals surface area contributed by atoms with Crippen LogP contribution in [0.2, 0.25) is 0 Å². The van der Waals surface area contributed by atoms with E-state index >= 15 is 0 Å². The van der Waals surface area contributed by atoms with E-state index in [2.05, 4.69) is 9.97 Å². The number of rotatable bonds is 2. The van der Waals surface area contributed by atoms with E-state index in [0.29, 0.717) is 22.5 Å². The van der Waals surface area contributed by atoms with Crippen LogP contribution in [0, 0.1) is 11.6 Å². The number of hydrogen-bond donors (Lipinski definition) is 0. The van der Waals surface area contributed by atoms with Crippen LogP contribution in [0.15, 0.2) is 121 Å². The molecule has 35 heavy (non-hydrogen) atoms. The summed E-state index contributed by atoms with van der Waals surface area (Å²) in [5.41, 5.74) is 4.18. The van der Waals surface area contributed by atoms with Crippen molar-refractivity contribution in [2.45, 2.75) is 0 Å². The van der Waals surface area contributed by atoms with Gasteiger partial charge in [-0.2, -0.15) is 0 Å². The van der Waals surface area contributed by atoms with Gasteiger partial charge in [0.25, 0.3) is 0 Å². The Morgan fingerprint density at radius 1 is 0.400 bits per heavy atom. The number of hydrogen-bond acceptors (Lipinski definition) is 2. The molecule has 0 aliphatic carbocycles. The number of halogens is 2. The zero-order chi connectivity index (χ0) is 23.3. The second kappa shape index (κ2) is 11.1. The first-order chi connectivity index (χ1) is 16.7. The molecule has 0 unspecified atom stereocenters. The summed E-state index contributed by atoms with van der Waals surface area (Å²) < 4.78 is 27.3. The fourth-order valence-corrected chi connectivity index (χ4v) is 3.77. The first-order valence-corrected chi connectivity index (χ1v) is 10.9. The summed E-state index contributed by atoms with van der Waals surface area (Å²) in [6, 6.07) is 36.6. The van der Waals surface area contributed by atoms with Gasteiger partial charge < -0.3 is 0 Å². The molecule has 173 valence electrons. The maximum absolute atomic E-state index is 13.6. The molecule has 2 aromatic heterocycles. The topological polar surface area (TPSA) is 25.8 Å². The number of benzene rings is 4. The molecule has 0 atom stereocenters. The van der Waals surface area contributed by atoms with E-state index in [1.807, 2.05) is 84.9 Å². The second-order valence-corrected chi connectivity index (χ2v) is 7.74. The van der Waals surface area contributed by atoms with E-state index in [9.17, 15) is 8.78 Å². The van der Waals surface area contributed by atoms with Gasteiger partial charge >= 0.3 is 0 Å². The van der Waals surface area contributed by atoms with Gasteiger partial charge in [-0.05, 0) is 48.5 Å². The second-order valence-electron chi connectivity index (χ2n) is 7.74. The molecule has 0 saturated heterocycles. The van der Waals surface area contributed by atoms with E-state index in [1.165, 1.54) is 12.1 Å². The smallest absolute Gasteiger partial charge is 0.132 e. The molecule has 5 heteroatoms. The van der Waals surface area contributed by atoms with Crippen LogP contribution in [0.1, 0.15) is 0 Å². The minimum atomic E-state index is -0.240. The van der Waals surface area contributed by atoms with Crippen LogP contribution in [0.5, 0.6) is 0 Å². The fourth-order valence-electron chi connectivity index (χ4n) is 3.77. The van der Waals surface area contributed by atoms with Crippen molar-refractivity contribution in [3.8, 4) is 22.5 Å². The van der Waals surface area contributed by atoms with Gasteiger partial charge in [-0.25, -0.2) is 18.7 Å². The fraction of sp³-hybridized carbons (Fsp3) is 0. The van der Waals surface area contributed by atoms with Gasteiger partial charge in [0.15, 0.2) is 0 Å². The molecular weight excluding hydrogens is 619 g/mol. The number of fused-ring (bicyclic) bond motifs is 2. The van der Waals surface area contributed by atoms with Crippen molar-refractivity contribution < 1.29 is 28.9 Å². The van der Waals surface area contributed by atoms with Gasteiger partial charge in [0.1, 0.15) is 11.6 Å². The van der Waals surface area contributed by atoms with Crippen molar-refractivity contribution in [1.29, 1.82) is 0 Å². The number of aromatic nitrogens is 2. The van der Waals surface area contributed by atoms with Gasteiger partial charge in [0, 0.05) is 42.0 Å². The van der Waals surface area contributed by atoms with Crippen molar-refractivity contribution in [3.63, 3.8) is 0 Å². The van der Waals surface area contributed by atoms with Gasteiger partial charge in [0.05, 0.1) is 22.4 Å². The number of pyridine rings is 2. The molecule has 0 bridgehead atoms. The van der Waals surface area contributed by atoms with E-state index in [-0.39, 0.29) is 31.7 Å². The Balaban J connectivity index is 0.000000160. The van der Waals surface area contributed by atoms with Crippen LogP contribution in [0.4, 0.5) is 8.78 Å². The first kappa shape index (κ1) is 24.3. The molecule has 0 fully saturated rings. The van der Waals surface area contributed by atoms with Gasteiger partial charge in [0.2, 0.25) is 0 Å². The Morgan fingerprint density at radius 3 is 1.20 bits per heavy atom. The van der Waals surface area contributed by atoms with Crippen molar-refractivity contribution in [1.82, 2.24) is 9.97 Å². The Kier molecular flexibility index (Phi) is 7.71. The van der Waals surface area contributed by atoms with Crippen molar-refractivity contribution >= 4 is 21.8 Å². The van der Waals surface area contributed by atoms with Crippen LogP contribution >= 0.6 is 0 Å². The molecule has 4 aromatic carbocycles. The predicted molar refractivity (Wildman–Crippen MR) is 134 cm³/mol. The average molecular weight is 639 g/mol. The molecule has 0 amide bonds. The minimum absolute atomic E-state index is 0. The molecular formula is C30H20F2IrN2. The summed E-state index contributed by atoms with van der Waals surface area (Å²) in [5, 5.41) is 2.13. The van der Waals surface area contributed by atoms with Crippen LogP contribution < -0.4 is 0 Å². The van der Waals surface area contributed by atoms with Gasteiger partial charge in [-0.3, -0.25) is 0 Å². The zero-order valence-electron chi connectivity index (χ0n) is 18.5. The minimum Gasteiger partial charge on any atom is -0.248 e. The third kappa shape index (κ3) is 5.48. The summed E-state index contributed by atoms with van der Waals surface area (Å²) >= 11 is 0. The maximum atomic E-state index is 13.6. The van der Waals surface area contributed by atoms with E-state index in [4.69, 9.17) is 0 Å². The quantitative estimate of drug-likeness (QED) is 0.192. The monoisotopic (exact) mass is 639 g/mol. The third-order valence-electron chi connectivity index (χ3n) is 5.50. The Morgan fingerprint density at radius 2 is 0.771 bits per heavy atom. The van der Waals surface area contributed by atoms with Crippen LogP contribution in [-0.2, 0) is 20.1 Å². The molecule has 2 heterocycles. The molecule has 0 N–H and O–H groups in total. The van der Waals surface area contributed by atoms with Crippen LogP contribution in [0.25, 0.3) is 44.3 Å². The maximum Gasteiger partial charge on any atom is 0.132 e. The predicted octanol–water partition coefficient (Wildman–Crippen LogP) is 8.08. The molecule has 0 saturated carbocycles. The van der Waals surface area contributed by atoms with Crippen LogP contribution in [0.3, 0.4) is 0 Å². The Bertz CT molecular complexity index is 1480. The molecule has 0 aliphatic rings. The molecule has 0 aliphatic heterocycles. The SMILES string of the molecule is Fc1ccccc1-c1ccc2ccccc2n1.Fc1ccccc1-c1ccc2ccccc2n1.[Ir]. The van der Waals surface area contributed by atoms with Crippen LogP contribution in [-0.4, -0.2) is 9.97 Å². The summed E-state index contributed by atoms with van der Waals surface area (Å²) in [6.07, 6.45) is 0. The summed E-state index contributed by atoms with van der Waals surface area (Å²) in [7, 11) is 0. The molecule has 2 nitrogen and oxygen atoms in total. The number of para-hydroxylation sites is 2. The first-order valence-electron chi connectivity index (χ1n) is 10.9. The Labute approximate surface area is 215 Å². The third-order valence-corrected chi connectivity index (χ3v) is 5.50. The molecule has 0 spiro atoms. The van der Waals surface area contributed by atoms with Gasteiger partial charge in [-0.1, -0.05) is 72.8 Å². The normalized spacial score (nSPS) is 10.3. The van der Waals surface area contributed by atoms with Crippen molar-refractivity contribution in [2.75, 3.05) is 0 Å². The average Bonchev–Trinajstić information content (AvgIpc) is 2.89. The largest absolute Gasteiger partial charge is 0.248 e. The molecule has 6 aromatic rings.